The van der Waals surface area contributed by atoms with Crippen molar-refractivity contribution in [2.24, 2.45) is 0 Å². The zero-order valence-electron chi connectivity index (χ0n) is 11.4. The van der Waals surface area contributed by atoms with Gasteiger partial charge in [0.25, 0.3) is 0 Å². The van der Waals surface area contributed by atoms with Crippen LogP contribution >= 0.6 is 0 Å². The van der Waals surface area contributed by atoms with E-state index in [1.807, 2.05) is 12.4 Å². The number of rotatable bonds is 5. The van der Waals surface area contributed by atoms with E-state index in [-0.39, 0.29) is 0 Å². The number of morpholine rings is 2. The summed E-state index contributed by atoms with van der Waals surface area (Å²) in [6.45, 7) is 5.44. The predicted molar refractivity (Wildman–Crippen MR) is 75.1 cm³/mol. The molecule has 2 aliphatic heterocycles. The average molecular weight is 261 g/mol. The molecule has 1 aromatic heterocycles. The first-order valence-electron chi connectivity index (χ1n) is 7.37. The van der Waals surface area contributed by atoms with E-state index in [1.165, 1.54) is 31.4 Å². The Bertz CT molecular complexity index is 372. The van der Waals surface area contributed by atoms with Gasteiger partial charge in [0.05, 0.1) is 12.2 Å². The largest absolute Gasteiger partial charge is 0.370 e. The minimum absolute atomic E-state index is 0.410. The molecule has 104 valence electrons. The van der Waals surface area contributed by atoms with E-state index in [0.717, 1.165) is 26.2 Å². The van der Waals surface area contributed by atoms with Crippen molar-refractivity contribution in [2.45, 2.75) is 31.5 Å². The molecule has 3 heterocycles. The topological polar surface area (TPSA) is 37.4 Å². The highest BCUT2D eigenvalue weighted by molar-refractivity contribution is 5.09. The number of hydrogen-bond acceptors (Lipinski definition) is 4. The molecular formula is C15H23N3O. The summed E-state index contributed by atoms with van der Waals surface area (Å²) < 4.78 is 5.92. The summed E-state index contributed by atoms with van der Waals surface area (Å²) in [5.74, 6) is 0. The highest BCUT2D eigenvalue weighted by Crippen LogP contribution is 2.15. The molecule has 1 N–H and O–H groups in total. The fourth-order valence-corrected chi connectivity index (χ4v) is 3.04. The van der Waals surface area contributed by atoms with Crippen LogP contribution in [0.1, 0.15) is 18.4 Å². The number of unbranched alkanes of at least 4 members (excludes halogenated alkanes) is 1. The number of hydrogen-bond donors (Lipinski definition) is 1. The summed E-state index contributed by atoms with van der Waals surface area (Å²) in [7, 11) is 0. The Morgan fingerprint density at radius 1 is 1.16 bits per heavy atom. The first-order chi connectivity index (χ1) is 9.40. The molecular weight excluding hydrogens is 238 g/mol. The van der Waals surface area contributed by atoms with Gasteiger partial charge in [0, 0.05) is 38.6 Å². The molecule has 0 radical (unpaired) electrons. The molecule has 2 aliphatic rings. The van der Waals surface area contributed by atoms with Crippen molar-refractivity contribution < 1.29 is 4.74 Å². The highest BCUT2D eigenvalue weighted by Gasteiger charge is 2.30. The molecule has 0 aromatic carbocycles. The fourth-order valence-electron chi connectivity index (χ4n) is 3.04. The number of ether oxygens (including phenoxy) is 1. The van der Waals surface area contributed by atoms with Gasteiger partial charge < -0.3 is 10.1 Å². The molecule has 0 spiro atoms. The number of nitrogens with zero attached hydrogens (tertiary/aromatic N) is 2. The number of nitrogens with one attached hydrogen (secondary N) is 1. The van der Waals surface area contributed by atoms with Crippen LogP contribution in [0, 0.1) is 0 Å². The van der Waals surface area contributed by atoms with Gasteiger partial charge >= 0.3 is 0 Å². The standard InChI is InChI=1S/C15H23N3O/c1(3-13-4-6-16-7-5-13)2-8-18-11-14-9-17-10-15(12-18)19-14/h4-7,14-15,17H,1-3,8-12H2. The quantitative estimate of drug-likeness (QED) is 0.805. The van der Waals surface area contributed by atoms with Gasteiger partial charge in [-0.1, -0.05) is 0 Å². The van der Waals surface area contributed by atoms with E-state index in [4.69, 9.17) is 4.74 Å². The summed E-state index contributed by atoms with van der Waals surface area (Å²) in [5, 5.41) is 3.44. The number of pyridine rings is 1. The van der Waals surface area contributed by atoms with Crippen LogP contribution in [0.2, 0.25) is 0 Å². The van der Waals surface area contributed by atoms with Gasteiger partial charge in [-0.05, 0) is 43.5 Å². The van der Waals surface area contributed by atoms with Crippen molar-refractivity contribution >= 4 is 0 Å². The first-order valence-corrected chi connectivity index (χ1v) is 7.37. The maximum absolute atomic E-state index is 5.92. The molecule has 2 atom stereocenters. The van der Waals surface area contributed by atoms with E-state index in [1.54, 1.807) is 0 Å². The maximum atomic E-state index is 5.92. The molecule has 0 amide bonds. The van der Waals surface area contributed by atoms with Crippen LogP contribution in [-0.4, -0.2) is 54.8 Å². The van der Waals surface area contributed by atoms with Crippen LogP contribution in [0.15, 0.2) is 24.5 Å². The van der Waals surface area contributed by atoms with E-state index < -0.39 is 0 Å². The Hall–Kier alpha value is -0.970. The Kier molecular flexibility index (Phi) is 4.43. The zero-order valence-corrected chi connectivity index (χ0v) is 11.4. The van der Waals surface area contributed by atoms with Crippen LogP contribution in [0.5, 0.6) is 0 Å². The first kappa shape index (κ1) is 13.0. The van der Waals surface area contributed by atoms with Crippen molar-refractivity contribution in [1.82, 2.24) is 15.2 Å². The van der Waals surface area contributed by atoms with Crippen molar-refractivity contribution in [3.8, 4) is 0 Å². The van der Waals surface area contributed by atoms with Crippen LogP contribution in [0.3, 0.4) is 0 Å². The van der Waals surface area contributed by atoms with Gasteiger partial charge in [0.2, 0.25) is 0 Å². The van der Waals surface area contributed by atoms with Gasteiger partial charge in [-0.25, -0.2) is 0 Å². The average Bonchev–Trinajstić information content (AvgIpc) is 2.44. The molecule has 19 heavy (non-hydrogen) atoms. The van der Waals surface area contributed by atoms with Gasteiger partial charge in [0.15, 0.2) is 0 Å². The normalized spacial score (nSPS) is 27.4. The lowest BCUT2D eigenvalue weighted by Crippen LogP contribution is -2.58. The summed E-state index contributed by atoms with van der Waals surface area (Å²) in [6.07, 6.45) is 8.28. The third-order valence-electron chi connectivity index (χ3n) is 3.99. The van der Waals surface area contributed by atoms with Crippen molar-refractivity contribution in [3.63, 3.8) is 0 Å². The van der Waals surface area contributed by atoms with Crippen molar-refractivity contribution in [3.05, 3.63) is 30.1 Å². The smallest absolute Gasteiger partial charge is 0.0831 e. The maximum Gasteiger partial charge on any atom is 0.0831 e. The number of fused-ring (bicyclic) bond motifs is 2. The molecule has 4 nitrogen and oxygen atoms in total. The minimum atomic E-state index is 0.410. The number of aryl methyl sites for hydroxylation is 1. The Balaban J connectivity index is 1.36. The lowest BCUT2D eigenvalue weighted by atomic mass is 10.1. The van der Waals surface area contributed by atoms with E-state index in [0.29, 0.717) is 12.2 Å². The van der Waals surface area contributed by atoms with Gasteiger partial charge in [0.1, 0.15) is 0 Å². The van der Waals surface area contributed by atoms with Crippen LogP contribution in [0.25, 0.3) is 0 Å². The minimum Gasteiger partial charge on any atom is -0.370 e. The molecule has 4 heteroatoms. The summed E-state index contributed by atoms with van der Waals surface area (Å²) in [6, 6.07) is 4.23. The summed E-state index contributed by atoms with van der Waals surface area (Å²) in [4.78, 5) is 6.63. The second-order valence-corrected chi connectivity index (χ2v) is 5.61. The molecule has 2 unspecified atom stereocenters. The second-order valence-electron chi connectivity index (χ2n) is 5.61. The second kappa shape index (κ2) is 6.46. The Morgan fingerprint density at radius 2 is 1.89 bits per heavy atom. The SMILES string of the molecule is c1cc(CCCCN2CC3CNCC(C2)O3)ccn1. The lowest BCUT2D eigenvalue weighted by molar-refractivity contribution is -0.103. The molecule has 1 aromatic rings. The molecule has 0 saturated carbocycles. The molecule has 2 bridgehead atoms. The van der Waals surface area contributed by atoms with Gasteiger partial charge in [-0.15, -0.1) is 0 Å². The predicted octanol–water partition coefficient (Wildman–Crippen LogP) is 1.08. The van der Waals surface area contributed by atoms with Crippen LogP contribution in [0.4, 0.5) is 0 Å². The summed E-state index contributed by atoms with van der Waals surface area (Å²) >= 11 is 0. The fraction of sp³-hybridized carbons (Fsp3) is 0.667. The van der Waals surface area contributed by atoms with E-state index in [2.05, 4.69) is 27.3 Å². The van der Waals surface area contributed by atoms with E-state index >= 15 is 0 Å². The van der Waals surface area contributed by atoms with E-state index in [9.17, 15) is 0 Å². The Morgan fingerprint density at radius 3 is 2.63 bits per heavy atom. The third kappa shape index (κ3) is 3.75. The monoisotopic (exact) mass is 261 g/mol. The van der Waals surface area contributed by atoms with Gasteiger partial charge in [-0.2, -0.15) is 0 Å². The number of aromatic nitrogens is 1. The zero-order chi connectivity index (χ0) is 12.9. The molecule has 3 rings (SSSR count). The lowest BCUT2D eigenvalue weighted by Gasteiger charge is -2.41. The van der Waals surface area contributed by atoms with Crippen molar-refractivity contribution in [1.29, 1.82) is 0 Å². The Labute approximate surface area is 115 Å². The molecule has 2 fully saturated rings. The molecule has 2 saturated heterocycles. The third-order valence-corrected chi connectivity index (χ3v) is 3.99. The van der Waals surface area contributed by atoms with Crippen LogP contribution < -0.4 is 5.32 Å². The van der Waals surface area contributed by atoms with Gasteiger partial charge in [-0.3, -0.25) is 9.88 Å². The van der Waals surface area contributed by atoms with Crippen LogP contribution in [-0.2, 0) is 11.2 Å². The highest BCUT2D eigenvalue weighted by atomic mass is 16.5. The van der Waals surface area contributed by atoms with Crippen molar-refractivity contribution in [2.75, 3.05) is 32.7 Å². The summed E-state index contributed by atoms with van der Waals surface area (Å²) in [5.41, 5.74) is 1.40. The molecule has 0 aliphatic carbocycles.